The minimum atomic E-state index is -1.09. The van der Waals surface area contributed by atoms with Crippen molar-refractivity contribution in [2.75, 3.05) is 14.1 Å². The molecular formula is C39H81NS2Sn. The van der Waals surface area contributed by atoms with Crippen LogP contribution in [0.2, 0.25) is 13.3 Å². The van der Waals surface area contributed by atoms with E-state index in [1.165, 1.54) is 154 Å². The first-order valence-electron chi connectivity index (χ1n) is 19.7. The molecule has 0 saturated carbocycles. The number of nitrogens with zero attached hydrogens (tertiary/aromatic N) is 1. The van der Waals surface area contributed by atoms with Gasteiger partial charge in [0, 0.05) is 14.1 Å². The summed E-state index contributed by atoms with van der Waals surface area (Å²) in [6, 6.07) is 0. The van der Waals surface area contributed by atoms with Crippen LogP contribution in [0.1, 0.15) is 213 Å². The van der Waals surface area contributed by atoms with E-state index in [9.17, 15) is 0 Å². The van der Waals surface area contributed by atoms with Crippen LogP contribution in [0, 0.1) is 0 Å². The number of thiocarbonyl (C=S) groups is 1. The first kappa shape index (κ1) is 46.0. The summed E-state index contributed by atoms with van der Waals surface area (Å²) in [5.74, 6) is 0. The van der Waals surface area contributed by atoms with Crippen LogP contribution in [-0.4, -0.2) is 43.1 Å². The Kier molecular flexibility index (Phi) is 43.8. The standard InChI is InChI=1S/3C12H25.C3H7NS2.Sn/c3*1-3-5-7-9-11-12-10-8-6-4-2;1-4(2)3(5)6;/h3*1,3-12H2,2H3;1-2H3,(H,5,6);/q;;;;+1/p-1. The molecule has 0 aromatic rings. The molecule has 0 saturated heterocycles. The second-order valence-electron chi connectivity index (χ2n) is 13.7. The van der Waals surface area contributed by atoms with Crippen LogP contribution in [-0.2, 0) is 12.6 Å². The first-order valence-corrected chi connectivity index (χ1v) is 26.6. The second-order valence-corrected chi connectivity index (χ2v) is 23.3. The Morgan fingerprint density at radius 2 is 0.558 bits per heavy atom. The van der Waals surface area contributed by atoms with E-state index >= 15 is 0 Å². The topological polar surface area (TPSA) is 3.24 Å². The predicted molar refractivity (Wildman–Crippen MR) is 209 cm³/mol. The van der Waals surface area contributed by atoms with Gasteiger partial charge in [-0.05, 0) is 0 Å². The van der Waals surface area contributed by atoms with E-state index in [0.717, 1.165) is 0 Å². The van der Waals surface area contributed by atoms with E-state index < -0.39 is 19.8 Å². The van der Waals surface area contributed by atoms with Crippen LogP contribution in [0.4, 0.5) is 0 Å². The quantitative estimate of drug-likeness (QED) is 0.0285. The van der Waals surface area contributed by atoms with E-state index in [2.05, 4.69) is 45.6 Å². The third-order valence-corrected chi connectivity index (χ3v) is 18.8. The van der Waals surface area contributed by atoms with Crippen LogP contribution < -0.4 is 0 Å². The maximum atomic E-state index is 4.56. The van der Waals surface area contributed by atoms with Crippen molar-refractivity contribution in [3.05, 3.63) is 0 Å². The summed E-state index contributed by atoms with van der Waals surface area (Å²) >= 11 is 8.03. The predicted octanol–water partition coefficient (Wildman–Crippen LogP) is 14.6. The van der Waals surface area contributed by atoms with Crippen LogP contribution in [0.25, 0.3) is 0 Å². The molecule has 43 heavy (non-hydrogen) atoms. The van der Waals surface area contributed by atoms with Crippen LogP contribution in [0.5, 0.6) is 0 Å². The molecule has 0 spiro atoms. The molecule has 0 aliphatic carbocycles. The molecule has 258 valence electrons. The van der Waals surface area contributed by atoms with E-state index in [1.54, 1.807) is 56.7 Å². The van der Waals surface area contributed by atoms with Crippen LogP contribution >= 0.6 is 12.2 Å². The van der Waals surface area contributed by atoms with Crippen LogP contribution in [0.15, 0.2) is 0 Å². The van der Waals surface area contributed by atoms with Crippen molar-refractivity contribution < 1.29 is 0 Å². The molecule has 0 aliphatic heterocycles. The number of hydrogen-bond donors (Lipinski definition) is 0. The van der Waals surface area contributed by atoms with E-state index in [-0.39, 0.29) is 0 Å². The van der Waals surface area contributed by atoms with Crippen LogP contribution in [0.3, 0.4) is 0 Å². The van der Waals surface area contributed by atoms with Gasteiger partial charge in [0.05, 0.1) is 0 Å². The fraction of sp³-hybridized carbons (Fsp3) is 0.974. The van der Waals surface area contributed by atoms with Gasteiger partial charge >= 0.3 is 246 Å². The molecule has 0 N–H and O–H groups in total. The fourth-order valence-electron chi connectivity index (χ4n) is 5.96. The van der Waals surface area contributed by atoms with Gasteiger partial charge < -0.3 is 29.7 Å². The third kappa shape index (κ3) is 42.9. The molecule has 0 amide bonds. The maximum absolute atomic E-state index is 4.56. The Balaban J connectivity index is 0. The van der Waals surface area contributed by atoms with Crippen molar-refractivity contribution in [1.82, 2.24) is 4.90 Å². The smallest absolute Gasteiger partial charge is 0.411 e. The summed E-state index contributed by atoms with van der Waals surface area (Å²) < 4.78 is 5.70. The number of unbranched alkanes of at least 4 members (excludes halogenated alkanes) is 27. The average Bonchev–Trinajstić information content (AvgIpc) is 2.99. The van der Waals surface area contributed by atoms with Crippen molar-refractivity contribution in [2.24, 2.45) is 0 Å². The SMILES string of the molecule is CCCCCCCCCCC[CH2][Sn+]([CH2]CCCCCCCCCCC)[CH2]CCCCCCCCCCC.CN(C)C(=S)[S-]. The molecule has 0 rings (SSSR count). The minimum Gasteiger partial charge on any atom is -0.411 e. The van der Waals surface area contributed by atoms with Gasteiger partial charge in [-0.3, -0.25) is 0 Å². The van der Waals surface area contributed by atoms with Crippen molar-refractivity contribution in [3.63, 3.8) is 0 Å². The van der Waals surface area contributed by atoms with Gasteiger partial charge in [-0.15, -0.1) is 0 Å². The Labute approximate surface area is 292 Å². The third-order valence-electron chi connectivity index (χ3n) is 9.02. The molecule has 4 heteroatoms. The van der Waals surface area contributed by atoms with Crippen molar-refractivity contribution in [1.29, 1.82) is 0 Å². The molecule has 0 bridgehead atoms. The summed E-state index contributed by atoms with van der Waals surface area (Å²) in [5, 5.41) is 0. The van der Waals surface area contributed by atoms with E-state index in [0.29, 0.717) is 4.32 Å². The van der Waals surface area contributed by atoms with Gasteiger partial charge in [-0.1, -0.05) is 4.32 Å². The Morgan fingerprint density at radius 1 is 0.395 bits per heavy atom. The van der Waals surface area contributed by atoms with Gasteiger partial charge in [0.2, 0.25) is 0 Å². The van der Waals surface area contributed by atoms with Crippen molar-refractivity contribution >= 4 is 48.9 Å². The van der Waals surface area contributed by atoms with Gasteiger partial charge in [0.1, 0.15) is 0 Å². The summed E-state index contributed by atoms with van der Waals surface area (Å²) in [4.78, 5) is 1.71. The summed E-state index contributed by atoms with van der Waals surface area (Å²) in [7, 11) is 3.66. The van der Waals surface area contributed by atoms with Gasteiger partial charge in [-0.25, -0.2) is 0 Å². The zero-order chi connectivity index (χ0) is 32.1. The average molecular weight is 747 g/mol. The Morgan fingerprint density at radius 3 is 0.721 bits per heavy atom. The molecule has 0 heterocycles. The second kappa shape index (κ2) is 40.9. The van der Waals surface area contributed by atoms with Crippen molar-refractivity contribution in [2.45, 2.75) is 227 Å². The molecule has 0 radical (unpaired) electrons. The molecule has 0 aromatic heterocycles. The van der Waals surface area contributed by atoms with E-state index in [1.807, 2.05) is 14.1 Å². The summed E-state index contributed by atoms with van der Waals surface area (Å²) in [6.07, 6.45) is 45.0. The molecular weight excluding hydrogens is 665 g/mol. The van der Waals surface area contributed by atoms with Gasteiger partial charge in [0.15, 0.2) is 0 Å². The molecule has 0 aliphatic rings. The van der Waals surface area contributed by atoms with Gasteiger partial charge in [-0.2, -0.15) is 0 Å². The zero-order valence-corrected chi connectivity index (χ0v) is 35.1. The minimum absolute atomic E-state index is 0.509. The normalized spacial score (nSPS) is 10.9. The molecule has 0 atom stereocenters. The number of hydrogen-bond acceptors (Lipinski definition) is 2. The fourth-order valence-corrected chi connectivity index (χ4v) is 14.5. The Hall–Kier alpha value is 0.909. The number of rotatable bonds is 33. The molecule has 0 unspecified atom stereocenters. The van der Waals surface area contributed by atoms with Crippen molar-refractivity contribution in [3.8, 4) is 0 Å². The Bertz CT molecular complexity index is 456. The molecule has 0 fully saturated rings. The summed E-state index contributed by atoms with van der Waals surface area (Å²) in [5.41, 5.74) is 0. The zero-order valence-electron chi connectivity index (χ0n) is 30.6. The molecule has 0 aromatic carbocycles. The summed E-state index contributed by atoms with van der Waals surface area (Å²) in [6.45, 7) is 6.97. The first-order chi connectivity index (χ1) is 21.0. The molecule has 1 nitrogen and oxygen atoms in total. The van der Waals surface area contributed by atoms with E-state index in [4.69, 9.17) is 0 Å². The monoisotopic (exact) mass is 747 g/mol. The van der Waals surface area contributed by atoms with Gasteiger partial charge in [0.25, 0.3) is 0 Å².